The molecule has 0 aliphatic heterocycles. The third kappa shape index (κ3) is 2.96. The number of amides is 1. The first kappa shape index (κ1) is 12.5. The van der Waals surface area contributed by atoms with Crippen LogP contribution in [-0.2, 0) is 4.79 Å². The van der Waals surface area contributed by atoms with Crippen LogP contribution in [-0.4, -0.2) is 11.9 Å². The second-order valence-electron chi connectivity index (χ2n) is 6.62. The van der Waals surface area contributed by atoms with Crippen molar-refractivity contribution in [2.24, 2.45) is 16.7 Å². The highest BCUT2D eigenvalue weighted by molar-refractivity contribution is 5.85. The molecule has 1 saturated carbocycles. The Morgan fingerprint density at radius 2 is 1.73 bits per heavy atom. The highest BCUT2D eigenvalue weighted by Crippen LogP contribution is 2.45. The molecule has 0 radical (unpaired) electrons. The summed E-state index contributed by atoms with van der Waals surface area (Å²) in [7, 11) is 0. The van der Waals surface area contributed by atoms with E-state index in [9.17, 15) is 4.79 Å². The molecule has 15 heavy (non-hydrogen) atoms. The van der Waals surface area contributed by atoms with Crippen molar-refractivity contribution < 1.29 is 4.79 Å². The van der Waals surface area contributed by atoms with Crippen LogP contribution in [0.1, 0.15) is 54.4 Å². The molecular formula is C13H25NO. The van der Waals surface area contributed by atoms with Gasteiger partial charge < -0.3 is 5.32 Å². The summed E-state index contributed by atoms with van der Waals surface area (Å²) in [6.07, 6.45) is 2.10. The van der Waals surface area contributed by atoms with Crippen LogP contribution in [0.3, 0.4) is 0 Å². The molecule has 1 rings (SSSR count). The Morgan fingerprint density at radius 1 is 1.27 bits per heavy atom. The molecule has 1 atom stereocenters. The van der Waals surface area contributed by atoms with E-state index in [2.05, 4.69) is 46.9 Å². The van der Waals surface area contributed by atoms with Gasteiger partial charge in [-0.3, -0.25) is 4.79 Å². The number of carbonyl (C=O) groups excluding carboxylic acids is 1. The fourth-order valence-corrected chi connectivity index (χ4v) is 2.11. The van der Waals surface area contributed by atoms with Crippen LogP contribution in [0.15, 0.2) is 0 Å². The predicted octanol–water partition coefficient (Wildman–Crippen LogP) is 2.97. The van der Waals surface area contributed by atoms with Crippen molar-refractivity contribution in [1.82, 2.24) is 5.32 Å². The molecule has 1 aliphatic carbocycles. The summed E-state index contributed by atoms with van der Waals surface area (Å²) in [5.74, 6) is 0.729. The SMILES string of the molecule is CC(C)C(NC(=O)C1(C)CC1)C(C)(C)C. The Morgan fingerprint density at radius 3 is 2.00 bits per heavy atom. The summed E-state index contributed by atoms with van der Waals surface area (Å²) in [4.78, 5) is 12.0. The standard InChI is InChI=1S/C13H25NO/c1-9(2)10(12(3,4)5)14-11(15)13(6)7-8-13/h9-10H,7-8H2,1-6H3,(H,14,15). The third-order valence-corrected chi connectivity index (χ3v) is 3.43. The van der Waals surface area contributed by atoms with E-state index in [4.69, 9.17) is 0 Å². The molecule has 0 saturated heterocycles. The summed E-state index contributed by atoms with van der Waals surface area (Å²) in [5.41, 5.74) is 0.0769. The van der Waals surface area contributed by atoms with E-state index in [-0.39, 0.29) is 22.8 Å². The first-order chi connectivity index (χ1) is 6.67. The Hall–Kier alpha value is -0.530. The van der Waals surface area contributed by atoms with Crippen molar-refractivity contribution in [2.75, 3.05) is 0 Å². The molecule has 0 spiro atoms. The van der Waals surface area contributed by atoms with Gasteiger partial charge in [-0.15, -0.1) is 0 Å². The highest BCUT2D eigenvalue weighted by Gasteiger charge is 2.46. The normalized spacial score (nSPS) is 21.3. The third-order valence-electron chi connectivity index (χ3n) is 3.43. The molecule has 0 bridgehead atoms. The monoisotopic (exact) mass is 211 g/mol. The molecule has 2 nitrogen and oxygen atoms in total. The van der Waals surface area contributed by atoms with Crippen molar-refractivity contribution in [3.8, 4) is 0 Å². The molecule has 1 amide bonds. The van der Waals surface area contributed by atoms with Crippen molar-refractivity contribution in [2.45, 2.75) is 60.4 Å². The smallest absolute Gasteiger partial charge is 0.226 e. The summed E-state index contributed by atoms with van der Waals surface area (Å²) >= 11 is 0. The van der Waals surface area contributed by atoms with E-state index in [1.54, 1.807) is 0 Å². The van der Waals surface area contributed by atoms with Crippen molar-refractivity contribution in [3.05, 3.63) is 0 Å². The van der Waals surface area contributed by atoms with Gasteiger partial charge in [0.1, 0.15) is 0 Å². The van der Waals surface area contributed by atoms with Gasteiger partial charge in [-0.25, -0.2) is 0 Å². The predicted molar refractivity (Wildman–Crippen MR) is 63.6 cm³/mol. The van der Waals surface area contributed by atoms with Crippen LogP contribution in [0.2, 0.25) is 0 Å². The molecule has 2 heteroatoms. The molecule has 1 aliphatic rings. The fraction of sp³-hybridized carbons (Fsp3) is 0.923. The molecule has 0 aromatic carbocycles. The number of hydrogen-bond donors (Lipinski definition) is 1. The molecule has 0 aromatic rings. The first-order valence-corrected chi connectivity index (χ1v) is 5.98. The van der Waals surface area contributed by atoms with Gasteiger partial charge in [0.05, 0.1) is 0 Å². The minimum absolute atomic E-state index is 0.0572. The lowest BCUT2D eigenvalue weighted by Gasteiger charge is -2.35. The molecule has 0 aromatic heterocycles. The van der Waals surface area contributed by atoms with Gasteiger partial charge in [0.25, 0.3) is 0 Å². The molecule has 1 fully saturated rings. The fourth-order valence-electron chi connectivity index (χ4n) is 2.11. The Kier molecular flexibility index (Phi) is 3.18. The average molecular weight is 211 g/mol. The largest absolute Gasteiger partial charge is 0.352 e. The first-order valence-electron chi connectivity index (χ1n) is 5.98. The van der Waals surface area contributed by atoms with Gasteiger partial charge in [0.2, 0.25) is 5.91 Å². The number of hydrogen-bond acceptors (Lipinski definition) is 1. The van der Waals surface area contributed by atoms with Crippen LogP contribution in [0.25, 0.3) is 0 Å². The lowest BCUT2D eigenvalue weighted by atomic mass is 9.80. The van der Waals surface area contributed by atoms with Crippen molar-refractivity contribution in [1.29, 1.82) is 0 Å². The van der Waals surface area contributed by atoms with E-state index >= 15 is 0 Å². The van der Waals surface area contributed by atoms with Gasteiger partial charge in [-0.2, -0.15) is 0 Å². The maximum absolute atomic E-state index is 12.0. The summed E-state index contributed by atoms with van der Waals surface area (Å²) in [5, 5.41) is 3.22. The lowest BCUT2D eigenvalue weighted by molar-refractivity contribution is -0.127. The van der Waals surface area contributed by atoms with Crippen LogP contribution in [0.5, 0.6) is 0 Å². The second kappa shape index (κ2) is 3.80. The number of carbonyl (C=O) groups is 1. The van der Waals surface area contributed by atoms with Gasteiger partial charge in [-0.05, 0) is 24.2 Å². The van der Waals surface area contributed by atoms with Crippen molar-refractivity contribution in [3.63, 3.8) is 0 Å². The topological polar surface area (TPSA) is 29.1 Å². The molecule has 1 N–H and O–H groups in total. The van der Waals surface area contributed by atoms with E-state index in [1.807, 2.05) is 0 Å². The van der Waals surface area contributed by atoms with Crippen molar-refractivity contribution >= 4 is 5.91 Å². The maximum atomic E-state index is 12.0. The summed E-state index contributed by atoms with van der Waals surface area (Å²) in [6.45, 7) is 13.0. The minimum Gasteiger partial charge on any atom is -0.352 e. The molecular weight excluding hydrogens is 186 g/mol. The van der Waals surface area contributed by atoms with Crippen LogP contribution in [0.4, 0.5) is 0 Å². The zero-order chi connectivity index (χ0) is 11.9. The molecule has 88 valence electrons. The van der Waals surface area contributed by atoms with Gasteiger partial charge >= 0.3 is 0 Å². The van der Waals surface area contributed by atoms with Gasteiger partial charge in [-0.1, -0.05) is 41.5 Å². The van der Waals surface area contributed by atoms with Crippen LogP contribution in [0, 0.1) is 16.7 Å². The average Bonchev–Trinajstić information content (AvgIpc) is 2.77. The van der Waals surface area contributed by atoms with Gasteiger partial charge in [0, 0.05) is 11.5 Å². The second-order valence-corrected chi connectivity index (χ2v) is 6.62. The van der Waals surface area contributed by atoms with E-state index in [1.165, 1.54) is 0 Å². The Labute approximate surface area is 93.8 Å². The Balaban J connectivity index is 2.63. The van der Waals surface area contributed by atoms with E-state index < -0.39 is 0 Å². The van der Waals surface area contributed by atoms with E-state index in [0.717, 1.165) is 12.8 Å². The lowest BCUT2D eigenvalue weighted by Crippen LogP contribution is -2.49. The summed E-state index contributed by atoms with van der Waals surface area (Å²) in [6, 6.07) is 0.266. The van der Waals surface area contributed by atoms with E-state index in [0.29, 0.717) is 5.92 Å². The zero-order valence-electron chi connectivity index (χ0n) is 11.0. The minimum atomic E-state index is -0.0572. The van der Waals surface area contributed by atoms with Gasteiger partial charge in [0.15, 0.2) is 0 Å². The Bertz CT molecular complexity index is 246. The highest BCUT2D eigenvalue weighted by atomic mass is 16.2. The maximum Gasteiger partial charge on any atom is 0.226 e. The quantitative estimate of drug-likeness (QED) is 0.764. The zero-order valence-corrected chi connectivity index (χ0v) is 11.0. The van der Waals surface area contributed by atoms with Crippen LogP contribution >= 0.6 is 0 Å². The molecule has 0 heterocycles. The van der Waals surface area contributed by atoms with Crippen LogP contribution < -0.4 is 5.32 Å². The summed E-state index contributed by atoms with van der Waals surface area (Å²) < 4.78 is 0. The number of nitrogens with one attached hydrogen (secondary N) is 1. The molecule has 1 unspecified atom stereocenters. The number of rotatable bonds is 3.